The maximum atomic E-state index is 9.61. The standard InChI is InChI=1S/C8H17NO/c1-9-7-3-6-8(10)4-2-5-8/h9-10H,2-7H2,1H3. The van der Waals surface area contributed by atoms with Crippen LogP contribution in [0, 0.1) is 0 Å². The van der Waals surface area contributed by atoms with E-state index in [4.69, 9.17) is 0 Å². The summed E-state index contributed by atoms with van der Waals surface area (Å²) in [4.78, 5) is 0. The number of aliphatic hydroxyl groups is 1. The van der Waals surface area contributed by atoms with E-state index in [0.717, 1.165) is 32.2 Å². The van der Waals surface area contributed by atoms with E-state index in [2.05, 4.69) is 5.32 Å². The Hall–Kier alpha value is -0.0800. The van der Waals surface area contributed by atoms with Crippen molar-refractivity contribution in [2.75, 3.05) is 13.6 Å². The first-order chi connectivity index (χ1) is 4.77. The Balaban J connectivity index is 2.01. The lowest BCUT2D eigenvalue weighted by atomic mass is 9.77. The Morgan fingerprint density at radius 2 is 2.20 bits per heavy atom. The van der Waals surface area contributed by atoms with Crippen molar-refractivity contribution in [1.82, 2.24) is 5.32 Å². The molecule has 0 aromatic heterocycles. The van der Waals surface area contributed by atoms with Crippen LogP contribution in [0.25, 0.3) is 0 Å². The van der Waals surface area contributed by atoms with E-state index in [0.29, 0.717) is 0 Å². The number of hydrogen-bond donors (Lipinski definition) is 2. The SMILES string of the molecule is CNCCCC1(O)CCC1. The number of hydrogen-bond acceptors (Lipinski definition) is 2. The van der Waals surface area contributed by atoms with Crippen LogP contribution in [0.2, 0.25) is 0 Å². The van der Waals surface area contributed by atoms with Gasteiger partial charge in [0.15, 0.2) is 0 Å². The van der Waals surface area contributed by atoms with Crippen LogP contribution in [0.15, 0.2) is 0 Å². The van der Waals surface area contributed by atoms with Crippen molar-refractivity contribution in [3.8, 4) is 0 Å². The molecule has 0 saturated heterocycles. The molecule has 10 heavy (non-hydrogen) atoms. The Morgan fingerprint density at radius 1 is 1.50 bits per heavy atom. The Kier molecular flexibility index (Phi) is 2.69. The second kappa shape index (κ2) is 3.35. The van der Waals surface area contributed by atoms with Crippen molar-refractivity contribution < 1.29 is 5.11 Å². The Bertz CT molecular complexity index is 99.4. The van der Waals surface area contributed by atoms with Crippen molar-refractivity contribution in [1.29, 1.82) is 0 Å². The minimum Gasteiger partial charge on any atom is -0.390 e. The fourth-order valence-corrected chi connectivity index (χ4v) is 1.43. The van der Waals surface area contributed by atoms with Crippen molar-refractivity contribution in [2.24, 2.45) is 0 Å². The predicted molar refractivity (Wildman–Crippen MR) is 42.0 cm³/mol. The molecule has 1 fully saturated rings. The average Bonchev–Trinajstić information content (AvgIpc) is 1.85. The Morgan fingerprint density at radius 3 is 2.60 bits per heavy atom. The number of rotatable bonds is 4. The van der Waals surface area contributed by atoms with Gasteiger partial charge in [-0.2, -0.15) is 0 Å². The maximum Gasteiger partial charge on any atom is 0.0648 e. The molecular formula is C8H17NO. The molecule has 60 valence electrons. The van der Waals surface area contributed by atoms with Crippen molar-refractivity contribution in [3.05, 3.63) is 0 Å². The average molecular weight is 143 g/mol. The van der Waals surface area contributed by atoms with Gasteiger partial charge in [0.1, 0.15) is 0 Å². The van der Waals surface area contributed by atoms with Gasteiger partial charge in [0.2, 0.25) is 0 Å². The van der Waals surface area contributed by atoms with Crippen molar-refractivity contribution in [2.45, 2.75) is 37.7 Å². The zero-order chi connectivity index (χ0) is 7.45. The van der Waals surface area contributed by atoms with E-state index >= 15 is 0 Å². The molecule has 0 aromatic carbocycles. The summed E-state index contributed by atoms with van der Waals surface area (Å²) in [6, 6.07) is 0. The Labute approximate surface area is 62.6 Å². The van der Waals surface area contributed by atoms with Gasteiger partial charge < -0.3 is 10.4 Å². The molecule has 2 nitrogen and oxygen atoms in total. The summed E-state index contributed by atoms with van der Waals surface area (Å²) in [6.45, 7) is 1.03. The van der Waals surface area contributed by atoms with Gasteiger partial charge in [-0.1, -0.05) is 0 Å². The summed E-state index contributed by atoms with van der Waals surface area (Å²) in [5.41, 5.74) is -0.267. The predicted octanol–water partition coefficient (Wildman–Crippen LogP) is 0.901. The van der Waals surface area contributed by atoms with Crippen molar-refractivity contribution >= 4 is 0 Å². The van der Waals surface area contributed by atoms with Crippen LogP contribution in [0.4, 0.5) is 0 Å². The molecule has 0 radical (unpaired) electrons. The van der Waals surface area contributed by atoms with E-state index in [1.165, 1.54) is 6.42 Å². The smallest absolute Gasteiger partial charge is 0.0648 e. The van der Waals surface area contributed by atoms with Gasteiger partial charge in [0.25, 0.3) is 0 Å². The quantitative estimate of drug-likeness (QED) is 0.573. The molecule has 2 N–H and O–H groups in total. The molecule has 1 aliphatic rings. The molecule has 0 amide bonds. The van der Waals surface area contributed by atoms with Crippen LogP contribution in [0.1, 0.15) is 32.1 Å². The molecule has 0 bridgehead atoms. The maximum absolute atomic E-state index is 9.61. The molecule has 0 aliphatic heterocycles. The van der Waals surface area contributed by atoms with Crippen LogP contribution in [0.3, 0.4) is 0 Å². The summed E-state index contributed by atoms with van der Waals surface area (Å²) in [7, 11) is 1.95. The van der Waals surface area contributed by atoms with Gasteiger partial charge in [-0.3, -0.25) is 0 Å². The van der Waals surface area contributed by atoms with Gasteiger partial charge in [-0.15, -0.1) is 0 Å². The first-order valence-electron chi connectivity index (χ1n) is 4.14. The first-order valence-corrected chi connectivity index (χ1v) is 4.14. The van der Waals surface area contributed by atoms with E-state index < -0.39 is 0 Å². The fraction of sp³-hybridized carbons (Fsp3) is 1.00. The summed E-state index contributed by atoms with van der Waals surface area (Å²) in [5.74, 6) is 0. The second-order valence-electron chi connectivity index (χ2n) is 3.29. The molecular weight excluding hydrogens is 126 g/mol. The second-order valence-corrected chi connectivity index (χ2v) is 3.29. The van der Waals surface area contributed by atoms with Crippen LogP contribution in [-0.2, 0) is 0 Å². The van der Waals surface area contributed by atoms with E-state index in [-0.39, 0.29) is 5.60 Å². The highest BCUT2D eigenvalue weighted by Crippen LogP contribution is 2.35. The molecule has 1 aliphatic carbocycles. The molecule has 0 heterocycles. The molecule has 0 aromatic rings. The monoisotopic (exact) mass is 143 g/mol. The van der Waals surface area contributed by atoms with E-state index in [1.54, 1.807) is 0 Å². The highest BCUT2D eigenvalue weighted by atomic mass is 16.3. The molecule has 1 rings (SSSR count). The lowest BCUT2D eigenvalue weighted by Gasteiger charge is -2.36. The normalized spacial score (nSPS) is 22.2. The van der Waals surface area contributed by atoms with Crippen LogP contribution in [0.5, 0.6) is 0 Å². The van der Waals surface area contributed by atoms with Crippen LogP contribution in [-0.4, -0.2) is 24.3 Å². The van der Waals surface area contributed by atoms with Gasteiger partial charge in [0.05, 0.1) is 5.60 Å². The van der Waals surface area contributed by atoms with Gasteiger partial charge in [-0.05, 0) is 45.7 Å². The summed E-state index contributed by atoms with van der Waals surface area (Å²) >= 11 is 0. The lowest BCUT2D eigenvalue weighted by molar-refractivity contribution is -0.0413. The molecule has 0 spiro atoms. The zero-order valence-corrected chi connectivity index (χ0v) is 6.69. The summed E-state index contributed by atoms with van der Waals surface area (Å²) in [5, 5.41) is 12.7. The minimum atomic E-state index is -0.267. The highest BCUT2D eigenvalue weighted by Gasteiger charge is 2.33. The fourth-order valence-electron chi connectivity index (χ4n) is 1.43. The van der Waals surface area contributed by atoms with Crippen molar-refractivity contribution in [3.63, 3.8) is 0 Å². The molecule has 1 saturated carbocycles. The van der Waals surface area contributed by atoms with Crippen LogP contribution >= 0.6 is 0 Å². The third kappa shape index (κ3) is 1.96. The van der Waals surface area contributed by atoms with Gasteiger partial charge >= 0.3 is 0 Å². The molecule has 2 heteroatoms. The summed E-state index contributed by atoms with van der Waals surface area (Å²) in [6.07, 6.45) is 5.35. The number of nitrogens with one attached hydrogen (secondary N) is 1. The zero-order valence-electron chi connectivity index (χ0n) is 6.69. The third-order valence-electron chi connectivity index (χ3n) is 2.35. The van der Waals surface area contributed by atoms with Crippen LogP contribution < -0.4 is 5.32 Å². The van der Waals surface area contributed by atoms with E-state index in [1.807, 2.05) is 7.05 Å². The summed E-state index contributed by atoms with van der Waals surface area (Å²) < 4.78 is 0. The molecule has 0 unspecified atom stereocenters. The largest absolute Gasteiger partial charge is 0.390 e. The van der Waals surface area contributed by atoms with Gasteiger partial charge in [0, 0.05) is 0 Å². The first kappa shape index (κ1) is 8.02. The highest BCUT2D eigenvalue weighted by molar-refractivity contribution is 4.87. The van der Waals surface area contributed by atoms with E-state index in [9.17, 15) is 5.11 Å². The molecule has 0 atom stereocenters. The lowest BCUT2D eigenvalue weighted by Crippen LogP contribution is -2.37. The minimum absolute atomic E-state index is 0.267. The topological polar surface area (TPSA) is 32.3 Å². The third-order valence-corrected chi connectivity index (χ3v) is 2.35. The van der Waals surface area contributed by atoms with Gasteiger partial charge in [-0.25, -0.2) is 0 Å².